The Morgan fingerprint density at radius 3 is 0.617 bits per heavy atom. The molecule has 0 unspecified atom stereocenters. The van der Waals surface area contributed by atoms with Crippen molar-refractivity contribution < 1.29 is 0 Å². The Hall–Kier alpha value is -17.3. The van der Waals surface area contributed by atoms with E-state index < -0.39 is 0 Å². The summed E-state index contributed by atoms with van der Waals surface area (Å²) in [5.41, 5.74) is 22.7. The fourth-order valence-electron chi connectivity index (χ4n) is 23.4. The monoisotopic (exact) mass is 1840 g/mol. The second-order valence-electron chi connectivity index (χ2n) is 37.2. The highest BCUT2D eigenvalue weighted by atomic mass is 32.1. The van der Waals surface area contributed by atoms with Gasteiger partial charge in [-0.05, 0) is 256 Å². The Balaban J connectivity index is 0.000000104. The van der Waals surface area contributed by atoms with Gasteiger partial charge in [-0.2, -0.15) is 0 Å². The lowest BCUT2D eigenvalue weighted by Gasteiger charge is -2.19. The van der Waals surface area contributed by atoms with Crippen LogP contribution in [0.25, 0.3) is 290 Å². The van der Waals surface area contributed by atoms with Gasteiger partial charge in [-0.25, -0.2) is 0 Å². The van der Waals surface area contributed by atoms with E-state index in [1.807, 2.05) is 34.0 Å². The molecule has 0 fully saturated rings. The minimum Gasteiger partial charge on any atom is -0.135 e. The summed E-state index contributed by atoms with van der Waals surface area (Å²) in [6.07, 6.45) is 0. The van der Waals surface area contributed by atoms with E-state index in [0.717, 1.165) is 0 Å². The summed E-state index contributed by atoms with van der Waals surface area (Å²) < 4.78 is 8.09. The first-order chi connectivity index (χ1) is 70.0. The van der Waals surface area contributed by atoms with Gasteiger partial charge in [0.15, 0.2) is 0 Å². The summed E-state index contributed by atoms with van der Waals surface area (Å²) in [6.45, 7) is 0. The maximum Gasteiger partial charge on any atom is 0.0440 e. The molecule has 0 N–H and O–H groups in total. The second kappa shape index (κ2) is 33.9. The lowest BCUT2D eigenvalue weighted by atomic mass is 9.83. The SMILES string of the molecule is c1ccc(-c2ccc(-c3c4ccccc4c(-c4ccc5sc6c7ccccc7c7ccccc7c6c5c4)c4ccccc34)cc2)cc1.c1ccc(-c2cccc(-c3c4ccccc4c(-c4ccc5sc6c7ccccc7c7ccccc7c6c5c4)c4ccccc34)c2)cc1.c1ccc(-c2ccccc2-c2c3ccccc3c(-c3ccc4sc5c6ccccc6c6ccccc6c5c4c3)c3ccccc23)cc1. The fourth-order valence-corrected chi connectivity index (χ4v) is 27.1. The molecule has 0 saturated carbocycles. The molecule has 654 valence electrons. The van der Waals surface area contributed by atoms with Crippen LogP contribution >= 0.6 is 34.0 Å². The van der Waals surface area contributed by atoms with Crippen molar-refractivity contribution in [1.82, 2.24) is 0 Å². The van der Waals surface area contributed by atoms with Crippen LogP contribution in [0.3, 0.4) is 0 Å². The van der Waals surface area contributed by atoms with Gasteiger partial charge < -0.3 is 0 Å². The predicted molar refractivity (Wildman–Crippen MR) is 617 cm³/mol. The first kappa shape index (κ1) is 82.0. The van der Waals surface area contributed by atoms with Crippen LogP contribution in [0.15, 0.2) is 510 Å². The standard InChI is InChI=1S/3C46H28S/c1-2-14-29(15-3-1)31-16-4-7-19-34(31)44-38-23-11-9-21-36(38)43(37-22-10-12-24-39(37)44)30-26-27-42-41(28-30)45-35-20-8-5-17-32(35)33-18-6-13-25-40(33)46(45)47-42;1-2-13-29(14-3-1)30-15-12-16-31(27-30)43-36-20-7-9-22-38(36)44(39-23-10-8-21-37(39)43)32-25-26-42-41(28-32)45-35-19-6-4-17-33(35)34-18-5-11-24-40(34)46(45)47-42;1-2-12-29(13-3-1)30-22-24-31(25-23-30)43-36-17-7-9-19-38(36)44(39-20-10-8-18-37(39)43)32-26-27-42-41(28-32)45-35-16-6-4-14-33(35)34-15-5-11-21-40(34)46(45)47-42/h3*1-28H. The molecule has 0 amide bonds. The van der Waals surface area contributed by atoms with E-state index in [1.54, 1.807) is 0 Å². The molecule has 0 aliphatic heterocycles. The zero-order chi connectivity index (χ0) is 92.7. The maximum atomic E-state index is 2.46. The third kappa shape index (κ3) is 13.4. The fraction of sp³-hybridized carbons (Fsp3) is 0. The van der Waals surface area contributed by atoms with Gasteiger partial charge >= 0.3 is 0 Å². The van der Waals surface area contributed by atoms with Crippen molar-refractivity contribution in [3.05, 3.63) is 510 Å². The molecule has 0 aliphatic rings. The molecule has 0 nitrogen and oxygen atoms in total. The van der Waals surface area contributed by atoms with Crippen LogP contribution in [-0.2, 0) is 0 Å². The van der Waals surface area contributed by atoms with E-state index >= 15 is 0 Å². The van der Waals surface area contributed by atoms with Crippen LogP contribution < -0.4 is 0 Å². The van der Waals surface area contributed by atoms with Gasteiger partial charge in [0.2, 0.25) is 0 Å². The quantitative estimate of drug-likeness (QED) is 0.0998. The second-order valence-corrected chi connectivity index (χ2v) is 40.3. The molecule has 141 heavy (non-hydrogen) atoms. The van der Waals surface area contributed by atoms with E-state index in [9.17, 15) is 0 Å². The lowest BCUT2D eigenvalue weighted by Crippen LogP contribution is -1.92. The number of fused-ring (bicyclic) bond motifs is 30. The average molecular weight is 1840 g/mol. The molecule has 3 heteroatoms. The minimum atomic E-state index is 1.23. The van der Waals surface area contributed by atoms with E-state index in [0.29, 0.717) is 0 Å². The van der Waals surface area contributed by atoms with Crippen molar-refractivity contribution in [2.75, 3.05) is 0 Å². The van der Waals surface area contributed by atoms with E-state index in [-0.39, 0.29) is 0 Å². The Bertz CT molecular complexity index is 10200. The summed E-state index contributed by atoms with van der Waals surface area (Å²) >= 11 is 5.75. The van der Waals surface area contributed by atoms with Crippen molar-refractivity contribution in [3.8, 4) is 100 Å². The summed E-state index contributed by atoms with van der Waals surface area (Å²) in [4.78, 5) is 0. The molecule has 0 atom stereocenters. The average Bonchev–Trinajstić information content (AvgIpc) is 0.868. The van der Waals surface area contributed by atoms with Crippen LogP contribution in [0.1, 0.15) is 0 Å². The van der Waals surface area contributed by atoms with E-state index in [1.165, 1.54) is 290 Å². The molecule has 0 spiro atoms. The smallest absolute Gasteiger partial charge is 0.0440 e. The predicted octanol–water partition coefficient (Wildman–Crippen LogP) is 41.0. The molecule has 0 radical (unpaired) electrons. The highest BCUT2D eigenvalue weighted by Gasteiger charge is 2.27. The number of benzene rings is 27. The first-order valence-corrected chi connectivity index (χ1v) is 51.0. The summed E-state index contributed by atoms with van der Waals surface area (Å²) in [7, 11) is 0. The Labute approximate surface area is 826 Å². The van der Waals surface area contributed by atoms with Crippen LogP contribution in [0.2, 0.25) is 0 Å². The lowest BCUT2D eigenvalue weighted by molar-refractivity contribution is 1.61. The zero-order valence-corrected chi connectivity index (χ0v) is 79.2. The molecule has 0 bridgehead atoms. The molecule has 3 heterocycles. The highest BCUT2D eigenvalue weighted by Crippen LogP contribution is 2.55. The van der Waals surface area contributed by atoms with Crippen LogP contribution in [0.4, 0.5) is 0 Å². The Morgan fingerprint density at radius 1 is 0.0993 bits per heavy atom. The zero-order valence-electron chi connectivity index (χ0n) is 76.7. The molecule has 3 aromatic heterocycles. The van der Waals surface area contributed by atoms with Gasteiger partial charge in [-0.3, -0.25) is 0 Å². The van der Waals surface area contributed by atoms with Crippen molar-refractivity contribution >= 4 is 224 Å². The largest absolute Gasteiger partial charge is 0.135 e. The van der Waals surface area contributed by atoms with E-state index in [4.69, 9.17) is 0 Å². The molecular formula is C138H84S3. The summed E-state index contributed by atoms with van der Waals surface area (Å²) in [5, 5.41) is 39.3. The van der Waals surface area contributed by atoms with Crippen molar-refractivity contribution in [2.45, 2.75) is 0 Å². The third-order valence-corrected chi connectivity index (χ3v) is 33.1. The van der Waals surface area contributed by atoms with Crippen molar-refractivity contribution in [2.24, 2.45) is 0 Å². The maximum absolute atomic E-state index is 2.46. The Kier molecular flexibility index (Phi) is 19.7. The van der Waals surface area contributed by atoms with Gasteiger partial charge in [0.05, 0.1) is 0 Å². The number of thiophene rings is 3. The molecule has 30 aromatic rings. The van der Waals surface area contributed by atoms with Gasteiger partial charge in [0.25, 0.3) is 0 Å². The number of hydrogen-bond donors (Lipinski definition) is 0. The summed E-state index contributed by atoms with van der Waals surface area (Å²) in [5.74, 6) is 0. The molecule has 0 saturated heterocycles. The summed E-state index contributed by atoms with van der Waals surface area (Å²) in [6, 6.07) is 188. The van der Waals surface area contributed by atoms with Gasteiger partial charge in [0.1, 0.15) is 0 Å². The highest BCUT2D eigenvalue weighted by molar-refractivity contribution is 7.28. The molecule has 27 aromatic carbocycles. The first-order valence-electron chi connectivity index (χ1n) is 48.6. The van der Waals surface area contributed by atoms with Crippen LogP contribution in [-0.4, -0.2) is 0 Å². The van der Waals surface area contributed by atoms with Gasteiger partial charge in [0, 0.05) is 76.7 Å². The number of hydrogen-bond acceptors (Lipinski definition) is 3. The Morgan fingerprint density at radius 2 is 0.298 bits per heavy atom. The minimum absolute atomic E-state index is 1.23. The normalized spacial score (nSPS) is 11.8. The topological polar surface area (TPSA) is 0 Å². The van der Waals surface area contributed by atoms with E-state index in [2.05, 4.69) is 510 Å². The van der Waals surface area contributed by atoms with Gasteiger partial charge in [-0.15, -0.1) is 34.0 Å². The molecule has 0 aliphatic carbocycles. The molecule has 30 rings (SSSR count). The molecular weight excluding hydrogens is 1750 g/mol. The van der Waals surface area contributed by atoms with Crippen LogP contribution in [0, 0.1) is 0 Å². The number of rotatable bonds is 9. The van der Waals surface area contributed by atoms with Crippen LogP contribution in [0.5, 0.6) is 0 Å². The van der Waals surface area contributed by atoms with Crippen molar-refractivity contribution in [1.29, 1.82) is 0 Å². The van der Waals surface area contributed by atoms with Gasteiger partial charge in [-0.1, -0.05) is 467 Å². The van der Waals surface area contributed by atoms with Crippen molar-refractivity contribution in [3.63, 3.8) is 0 Å². The third-order valence-electron chi connectivity index (χ3n) is 29.5.